The quantitative estimate of drug-likeness (QED) is 0.601. The Balaban J connectivity index is 2.30. The Labute approximate surface area is 166 Å². The first-order valence-electron chi connectivity index (χ1n) is 7.35. The van der Waals surface area contributed by atoms with Crippen molar-refractivity contribution in [2.45, 2.75) is 11.4 Å². The Hall–Kier alpha value is -1.16. The Morgan fingerprint density at radius 3 is 2.24 bits per heavy atom. The van der Waals surface area contributed by atoms with Crippen LogP contribution in [0.25, 0.3) is 0 Å². The maximum Gasteiger partial charge on any atom is 0.255 e. The van der Waals surface area contributed by atoms with Crippen molar-refractivity contribution >= 4 is 50.1 Å². The first kappa shape index (κ1) is 20.2. The lowest BCUT2D eigenvalue weighted by Crippen LogP contribution is -2.28. The second-order valence-corrected chi connectivity index (χ2v) is 9.47. The average molecular weight is 493 g/mol. The summed E-state index contributed by atoms with van der Waals surface area (Å²) < 4.78 is 26.4. The smallest absolute Gasteiger partial charge is 0.255 e. The maximum absolute atomic E-state index is 12.8. The third-order valence-electron chi connectivity index (χ3n) is 3.63. The second-order valence-electron chi connectivity index (χ2n) is 5.72. The Morgan fingerprint density at radius 1 is 1.08 bits per heavy atom. The van der Waals surface area contributed by atoms with Crippen molar-refractivity contribution < 1.29 is 13.2 Å². The van der Waals surface area contributed by atoms with E-state index in [1.807, 2.05) is 34.7 Å². The van der Waals surface area contributed by atoms with Gasteiger partial charge in [0.2, 0.25) is 10.0 Å². The zero-order valence-corrected chi connectivity index (χ0v) is 17.8. The van der Waals surface area contributed by atoms with Crippen LogP contribution in [0.1, 0.15) is 15.9 Å². The lowest BCUT2D eigenvalue weighted by Gasteiger charge is -2.19. The van der Waals surface area contributed by atoms with Gasteiger partial charge < -0.3 is 4.90 Å². The highest BCUT2D eigenvalue weighted by Crippen LogP contribution is 2.22. The molecule has 0 atom stereocenters. The van der Waals surface area contributed by atoms with Crippen LogP contribution in [-0.4, -0.2) is 44.7 Å². The van der Waals surface area contributed by atoms with Gasteiger partial charge in [-0.25, -0.2) is 12.7 Å². The van der Waals surface area contributed by atoms with Gasteiger partial charge in [0.15, 0.2) is 0 Å². The zero-order valence-electron chi connectivity index (χ0n) is 14.0. The summed E-state index contributed by atoms with van der Waals surface area (Å²) in [4.78, 5) is 14.4. The van der Waals surface area contributed by atoms with Gasteiger partial charge >= 0.3 is 0 Å². The Kier molecular flexibility index (Phi) is 6.47. The van der Waals surface area contributed by atoms with E-state index in [4.69, 9.17) is 11.6 Å². The number of amides is 1. The number of nitrogens with zero attached hydrogens (tertiary/aromatic N) is 2. The predicted octanol–water partition coefficient (Wildman–Crippen LogP) is 3.47. The summed E-state index contributed by atoms with van der Waals surface area (Å²) in [5.74, 6) is -0.241. The fraction of sp³-hybridized carbons (Fsp3) is 0.235. The van der Waals surface area contributed by atoms with E-state index in [9.17, 15) is 13.2 Å². The van der Waals surface area contributed by atoms with Gasteiger partial charge in [-0.2, -0.15) is 0 Å². The number of carbonyl (C=O) groups is 1. The molecule has 1 amide bonds. The van der Waals surface area contributed by atoms with Gasteiger partial charge in [0.25, 0.3) is 5.91 Å². The standard InChI is InChI=1S/C17H18ClIN2O3S/c1-20(2)25(23,24)14-8-9-16(19)15(10-14)17(22)21(3)11-12-4-6-13(18)7-5-12/h4-10H,11H2,1-3H3. The highest BCUT2D eigenvalue weighted by molar-refractivity contribution is 14.1. The van der Waals surface area contributed by atoms with Gasteiger partial charge in [-0.05, 0) is 58.5 Å². The number of carbonyl (C=O) groups excluding carboxylic acids is 1. The van der Waals surface area contributed by atoms with Crippen LogP contribution in [0.4, 0.5) is 0 Å². The van der Waals surface area contributed by atoms with Crippen LogP contribution >= 0.6 is 34.2 Å². The molecule has 0 bridgehead atoms. The van der Waals surface area contributed by atoms with E-state index in [-0.39, 0.29) is 10.8 Å². The van der Waals surface area contributed by atoms with E-state index >= 15 is 0 Å². The Morgan fingerprint density at radius 2 is 1.68 bits per heavy atom. The number of hydrogen-bond acceptors (Lipinski definition) is 3. The van der Waals surface area contributed by atoms with Crippen molar-refractivity contribution in [3.05, 3.63) is 62.2 Å². The molecule has 0 N–H and O–H groups in total. The first-order chi connectivity index (χ1) is 11.6. The number of halogens is 2. The summed E-state index contributed by atoms with van der Waals surface area (Å²) in [6.45, 7) is 0.400. The number of hydrogen-bond donors (Lipinski definition) is 0. The highest BCUT2D eigenvalue weighted by Gasteiger charge is 2.22. The molecule has 0 saturated carbocycles. The van der Waals surface area contributed by atoms with Gasteiger partial charge in [-0.15, -0.1) is 0 Å². The minimum absolute atomic E-state index is 0.0983. The summed E-state index contributed by atoms with van der Waals surface area (Å²) in [6.07, 6.45) is 0. The Bertz CT molecular complexity index is 883. The molecule has 0 unspecified atom stereocenters. The molecule has 0 saturated heterocycles. The summed E-state index contributed by atoms with van der Waals surface area (Å²) in [5.41, 5.74) is 1.30. The predicted molar refractivity (Wildman–Crippen MR) is 107 cm³/mol. The topological polar surface area (TPSA) is 57.7 Å². The van der Waals surface area contributed by atoms with Gasteiger partial charge in [0.1, 0.15) is 0 Å². The second kappa shape index (κ2) is 8.03. The van der Waals surface area contributed by atoms with Crippen molar-refractivity contribution in [1.82, 2.24) is 9.21 Å². The van der Waals surface area contributed by atoms with E-state index < -0.39 is 10.0 Å². The third kappa shape index (κ3) is 4.72. The van der Waals surface area contributed by atoms with Crippen LogP contribution in [0, 0.1) is 3.57 Å². The number of rotatable bonds is 5. The van der Waals surface area contributed by atoms with Crippen LogP contribution in [0.15, 0.2) is 47.4 Å². The number of sulfonamides is 1. The SMILES string of the molecule is CN(Cc1ccc(Cl)cc1)C(=O)c1cc(S(=O)(=O)N(C)C)ccc1I. The van der Waals surface area contributed by atoms with Gasteiger partial charge in [0.05, 0.1) is 10.5 Å². The summed E-state index contributed by atoms with van der Waals surface area (Å²) in [5, 5.41) is 0.633. The molecule has 0 heterocycles. The lowest BCUT2D eigenvalue weighted by molar-refractivity contribution is 0.0784. The molecule has 8 heteroatoms. The minimum Gasteiger partial charge on any atom is -0.337 e. The van der Waals surface area contributed by atoms with Crippen LogP contribution in [0.5, 0.6) is 0 Å². The molecule has 0 aromatic heterocycles. The lowest BCUT2D eigenvalue weighted by atomic mass is 10.1. The minimum atomic E-state index is -3.59. The van der Waals surface area contributed by atoms with Crippen molar-refractivity contribution in [1.29, 1.82) is 0 Å². The summed E-state index contributed by atoms with van der Waals surface area (Å²) >= 11 is 7.90. The molecule has 0 spiro atoms. The van der Waals surface area contributed by atoms with Gasteiger partial charge in [-0.1, -0.05) is 23.7 Å². The molecule has 0 aliphatic rings. The molecule has 134 valence electrons. The van der Waals surface area contributed by atoms with Crippen molar-refractivity contribution in [2.24, 2.45) is 0 Å². The molecule has 2 aromatic rings. The van der Waals surface area contributed by atoms with E-state index in [1.165, 1.54) is 26.2 Å². The molecule has 25 heavy (non-hydrogen) atoms. The molecule has 2 rings (SSSR count). The molecule has 0 aliphatic heterocycles. The van der Waals surface area contributed by atoms with Crippen LogP contribution in [0.2, 0.25) is 5.02 Å². The summed E-state index contributed by atoms with van der Waals surface area (Å²) in [7, 11) is 1.01. The molecule has 0 aliphatic carbocycles. The zero-order chi connectivity index (χ0) is 18.8. The van der Waals surface area contributed by atoms with Crippen molar-refractivity contribution in [3.63, 3.8) is 0 Å². The van der Waals surface area contributed by atoms with E-state index in [0.29, 0.717) is 20.7 Å². The van der Waals surface area contributed by atoms with Gasteiger partial charge in [-0.3, -0.25) is 4.79 Å². The van der Waals surface area contributed by atoms with Crippen LogP contribution in [0.3, 0.4) is 0 Å². The molecule has 0 fully saturated rings. The van der Waals surface area contributed by atoms with Gasteiger partial charge in [0, 0.05) is 36.3 Å². The largest absolute Gasteiger partial charge is 0.337 e. The monoisotopic (exact) mass is 492 g/mol. The van der Waals surface area contributed by atoms with Crippen LogP contribution < -0.4 is 0 Å². The molecular weight excluding hydrogens is 475 g/mol. The van der Waals surface area contributed by atoms with E-state index in [1.54, 1.807) is 30.1 Å². The summed E-state index contributed by atoms with van der Waals surface area (Å²) in [6, 6.07) is 11.8. The molecule has 5 nitrogen and oxygen atoms in total. The highest BCUT2D eigenvalue weighted by atomic mass is 127. The third-order valence-corrected chi connectivity index (χ3v) is 6.63. The van der Waals surface area contributed by atoms with Crippen molar-refractivity contribution in [2.75, 3.05) is 21.1 Å². The van der Waals surface area contributed by atoms with E-state index in [0.717, 1.165) is 9.87 Å². The maximum atomic E-state index is 12.8. The molecule has 0 radical (unpaired) electrons. The normalized spacial score (nSPS) is 11.6. The number of benzene rings is 2. The fourth-order valence-corrected chi connectivity index (χ4v) is 3.80. The first-order valence-corrected chi connectivity index (χ1v) is 10.2. The van der Waals surface area contributed by atoms with Crippen LogP contribution in [-0.2, 0) is 16.6 Å². The van der Waals surface area contributed by atoms with E-state index in [2.05, 4.69) is 0 Å². The van der Waals surface area contributed by atoms with Crippen molar-refractivity contribution in [3.8, 4) is 0 Å². The average Bonchev–Trinajstić information content (AvgIpc) is 2.56. The fourth-order valence-electron chi connectivity index (χ4n) is 2.18. The molecular formula is C17H18ClIN2O3S. The molecule has 2 aromatic carbocycles.